The number of methoxy groups -OCH3 is 1. The summed E-state index contributed by atoms with van der Waals surface area (Å²) in [6.45, 7) is 1.18. The molecule has 1 saturated heterocycles. The van der Waals surface area contributed by atoms with E-state index in [1.54, 1.807) is 28.9 Å². The van der Waals surface area contributed by atoms with Gasteiger partial charge in [0, 0.05) is 40.0 Å². The van der Waals surface area contributed by atoms with Crippen molar-refractivity contribution in [3.8, 4) is 11.8 Å². The van der Waals surface area contributed by atoms with Crippen LogP contribution in [0.4, 0.5) is 5.82 Å². The van der Waals surface area contributed by atoms with Gasteiger partial charge in [-0.2, -0.15) is 0 Å². The minimum atomic E-state index is -0.116. The summed E-state index contributed by atoms with van der Waals surface area (Å²) in [5.41, 5.74) is 0.464. The molecule has 1 aliphatic rings. The summed E-state index contributed by atoms with van der Waals surface area (Å²) in [5, 5.41) is 12.4. The van der Waals surface area contributed by atoms with Crippen LogP contribution in [-0.4, -0.2) is 71.2 Å². The van der Waals surface area contributed by atoms with E-state index >= 15 is 0 Å². The third kappa shape index (κ3) is 3.87. The Kier molecular flexibility index (Phi) is 5.24. The SMILES string of the molecule is COc1nn(C)cc1C(=O)N1CCCC(Oc2ccc(N(C)C)nn2)C1. The standard InChI is InChI=1S/C17H24N6O3/c1-21(2)14-7-8-15(19-18-14)26-12-6-5-9-23(10-12)17(24)13-11-22(3)20-16(13)25-4/h7-8,11-12H,5-6,9-10H2,1-4H3. The van der Waals surface area contributed by atoms with Gasteiger partial charge in [0.05, 0.1) is 13.7 Å². The molecule has 0 spiro atoms. The zero-order chi connectivity index (χ0) is 18.7. The molecule has 1 fully saturated rings. The van der Waals surface area contributed by atoms with Crippen LogP contribution in [0, 0.1) is 0 Å². The molecule has 0 saturated carbocycles. The van der Waals surface area contributed by atoms with Crippen molar-refractivity contribution in [1.29, 1.82) is 0 Å². The van der Waals surface area contributed by atoms with E-state index in [1.807, 2.05) is 25.1 Å². The highest BCUT2D eigenvalue weighted by molar-refractivity contribution is 5.96. The zero-order valence-corrected chi connectivity index (χ0v) is 15.5. The molecule has 1 atom stereocenters. The number of nitrogens with zero attached hydrogens (tertiary/aromatic N) is 6. The Morgan fingerprint density at radius 3 is 2.77 bits per heavy atom. The van der Waals surface area contributed by atoms with E-state index in [0.717, 1.165) is 18.7 Å². The Morgan fingerprint density at radius 1 is 1.31 bits per heavy atom. The molecule has 0 N–H and O–H groups in total. The maximum atomic E-state index is 12.8. The molecule has 0 bridgehead atoms. The molecular weight excluding hydrogens is 336 g/mol. The average molecular weight is 360 g/mol. The maximum absolute atomic E-state index is 12.8. The van der Waals surface area contributed by atoms with E-state index in [9.17, 15) is 4.79 Å². The van der Waals surface area contributed by atoms with Gasteiger partial charge in [0.1, 0.15) is 11.7 Å². The van der Waals surface area contributed by atoms with Crippen molar-refractivity contribution in [2.45, 2.75) is 18.9 Å². The second-order valence-corrected chi connectivity index (χ2v) is 6.48. The minimum Gasteiger partial charge on any atom is -0.479 e. The summed E-state index contributed by atoms with van der Waals surface area (Å²) >= 11 is 0. The highest BCUT2D eigenvalue weighted by Gasteiger charge is 2.29. The lowest BCUT2D eigenvalue weighted by Gasteiger charge is -2.32. The van der Waals surface area contributed by atoms with Crippen LogP contribution in [0.5, 0.6) is 11.8 Å². The summed E-state index contributed by atoms with van der Waals surface area (Å²) < 4.78 is 12.7. The Labute approximate surface area is 152 Å². The van der Waals surface area contributed by atoms with Gasteiger partial charge in [-0.05, 0) is 18.9 Å². The topological polar surface area (TPSA) is 85.6 Å². The van der Waals surface area contributed by atoms with Crippen LogP contribution in [0.3, 0.4) is 0 Å². The monoisotopic (exact) mass is 360 g/mol. The molecule has 0 aliphatic carbocycles. The predicted molar refractivity (Wildman–Crippen MR) is 95.7 cm³/mol. The molecule has 2 aromatic rings. The van der Waals surface area contributed by atoms with Crippen molar-refractivity contribution in [3.63, 3.8) is 0 Å². The number of aromatic nitrogens is 4. The number of hydrogen-bond donors (Lipinski definition) is 0. The lowest BCUT2D eigenvalue weighted by molar-refractivity contribution is 0.0523. The van der Waals surface area contributed by atoms with Gasteiger partial charge in [-0.25, -0.2) is 0 Å². The summed E-state index contributed by atoms with van der Waals surface area (Å²) in [5.74, 6) is 1.47. The molecular formula is C17H24N6O3. The maximum Gasteiger partial charge on any atom is 0.261 e. The fraction of sp³-hybridized carbons (Fsp3) is 0.529. The molecule has 3 heterocycles. The van der Waals surface area contributed by atoms with Crippen LogP contribution < -0.4 is 14.4 Å². The fourth-order valence-corrected chi connectivity index (χ4v) is 2.94. The van der Waals surface area contributed by atoms with Crippen LogP contribution in [0.25, 0.3) is 0 Å². The number of likely N-dealkylation sites (tertiary alicyclic amines) is 1. The number of rotatable bonds is 5. The van der Waals surface area contributed by atoms with Crippen molar-refractivity contribution < 1.29 is 14.3 Å². The van der Waals surface area contributed by atoms with Gasteiger partial charge in [0.2, 0.25) is 11.8 Å². The minimum absolute atomic E-state index is 0.0997. The lowest BCUT2D eigenvalue weighted by Crippen LogP contribution is -2.44. The van der Waals surface area contributed by atoms with E-state index in [4.69, 9.17) is 9.47 Å². The van der Waals surface area contributed by atoms with Crippen molar-refractivity contribution in [3.05, 3.63) is 23.9 Å². The molecule has 9 heteroatoms. The second kappa shape index (κ2) is 7.59. The number of carbonyl (C=O) groups excluding carboxylic acids is 1. The molecule has 2 aromatic heterocycles. The first-order valence-electron chi connectivity index (χ1n) is 8.52. The van der Waals surface area contributed by atoms with Crippen LogP contribution in [0.1, 0.15) is 23.2 Å². The fourth-order valence-electron chi connectivity index (χ4n) is 2.94. The first kappa shape index (κ1) is 18.0. The van der Waals surface area contributed by atoms with Crippen molar-refractivity contribution in [1.82, 2.24) is 24.9 Å². The van der Waals surface area contributed by atoms with Gasteiger partial charge in [0.25, 0.3) is 5.91 Å². The summed E-state index contributed by atoms with van der Waals surface area (Å²) in [4.78, 5) is 16.5. The van der Waals surface area contributed by atoms with Crippen LogP contribution in [0.15, 0.2) is 18.3 Å². The number of carbonyl (C=O) groups is 1. The smallest absolute Gasteiger partial charge is 0.261 e. The molecule has 0 aromatic carbocycles. The van der Waals surface area contributed by atoms with Gasteiger partial charge in [0.15, 0.2) is 5.82 Å². The number of amides is 1. The summed E-state index contributed by atoms with van der Waals surface area (Å²) in [6.07, 6.45) is 3.29. The number of aryl methyl sites for hydroxylation is 1. The second-order valence-electron chi connectivity index (χ2n) is 6.48. The van der Waals surface area contributed by atoms with E-state index < -0.39 is 0 Å². The molecule has 26 heavy (non-hydrogen) atoms. The molecule has 1 amide bonds. The third-order valence-corrected chi connectivity index (χ3v) is 4.26. The Morgan fingerprint density at radius 2 is 2.12 bits per heavy atom. The van der Waals surface area contributed by atoms with Crippen molar-refractivity contribution in [2.24, 2.45) is 7.05 Å². The van der Waals surface area contributed by atoms with Crippen molar-refractivity contribution in [2.75, 3.05) is 39.2 Å². The summed E-state index contributed by atoms with van der Waals surface area (Å²) in [6, 6.07) is 3.65. The van der Waals surface area contributed by atoms with E-state index in [0.29, 0.717) is 30.4 Å². The van der Waals surface area contributed by atoms with Gasteiger partial charge in [-0.3, -0.25) is 9.48 Å². The van der Waals surface area contributed by atoms with Crippen LogP contribution in [0.2, 0.25) is 0 Å². The quantitative estimate of drug-likeness (QED) is 0.785. The normalized spacial score (nSPS) is 17.1. The first-order chi connectivity index (χ1) is 12.5. The first-order valence-corrected chi connectivity index (χ1v) is 8.52. The molecule has 1 aliphatic heterocycles. The van der Waals surface area contributed by atoms with Crippen molar-refractivity contribution >= 4 is 11.7 Å². The third-order valence-electron chi connectivity index (χ3n) is 4.26. The number of piperidine rings is 1. The zero-order valence-electron chi connectivity index (χ0n) is 15.5. The highest BCUT2D eigenvalue weighted by Crippen LogP contribution is 2.22. The molecule has 0 radical (unpaired) electrons. The van der Waals surface area contributed by atoms with Gasteiger partial charge < -0.3 is 19.3 Å². The molecule has 9 nitrogen and oxygen atoms in total. The number of hydrogen-bond acceptors (Lipinski definition) is 7. The Hall–Kier alpha value is -2.84. The van der Waals surface area contributed by atoms with Gasteiger partial charge in [-0.15, -0.1) is 15.3 Å². The number of ether oxygens (including phenoxy) is 2. The van der Waals surface area contributed by atoms with E-state index in [-0.39, 0.29) is 12.0 Å². The average Bonchev–Trinajstić information content (AvgIpc) is 3.02. The van der Waals surface area contributed by atoms with Crippen LogP contribution in [-0.2, 0) is 7.05 Å². The predicted octanol–water partition coefficient (Wildman–Crippen LogP) is 0.968. The summed E-state index contributed by atoms with van der Waals surface area (Å²) in [7, 11) is 7.08. The lowest BCUT2D eigenvalue weighted by atomic mass is 10.1. The van der Waals surface area contributed by atoms with E-state index in [2.05, 4.69) is 15.3 Å². The molecule has 3 rings (SSSR count). The number of anilines is 1. The molecule has 140 valence electrons. The van der Waals surface area contributed by atoms with E-state index in [1.165, 1.54) is 7.11 Å². The molecule has 1 unspecified atom stereocenters. The van der Waals surface area contributed by atoms with Gasteiger partial charge in [-0.1, -0.05) is 0 Å². The van der Waals surface area contributed by atoms with Gasteiger partial charge >= 0.3 is 0 Å². The Bertz CT molecular complexity index is 758. The van der Waals surface area contributed by atoms with Crippen LogP contribution >= 0.6 is 0 Å². The highest BCUT2D eigenvalue weighted by atomic mass is 16.5. The Balaban J connectivity index is 1.66. The largest absolute Gasteiger partial charge is 0.479 e.